The molecule has 1 aromatic heterocycles. The Balaban J connectivity index is 1.59. The number of hydrogen-bond donors (Lipinski definition) is 0. The summed E-state index contributed by atoms with van der Waals surface area (Å²) in [6, 6.07) is 19.3. The van der Waals surface area contributed by atoms with E-state index in [1.807, 2.05) is 54.7 Å². The maximum Gasteiger partial charge on any atom is 0.338 e. The van der Waals surface area contributed by atoms with Crippen LogP contribution in [0.1, 0.15) is 10.4 Å². The van der Waals surface area contributed by atoms with E-state index >= 15 is 0 Å². The van der Waals surface area contributed by atoms with Crippen molar-refractivity contribution in [3.63, 3.8) is 0 Å². The lowest BCUT2D eigenvalue weighted by atomic mass is 10.0. The summed E-state index contributed by atoms with van der Waals surface area (Å²) in [6.07, 6.45) is 3.53. The predicted octanol–water partition coefficient (Wildman–Crippen LogP) is 3.41. The van der Waals surface area contributed by atoms with Crippen LogP contribution in [0.2, 0.25) is 0 Å². The molecule has 0 saturated heterocycles. The highest BCUT2D eigenvalue weighted by molar-refractivity contribution is 5.90. The highest BCUT2D eigenvalue weighted by atomic mass is 16.5. The van der Waals surface area contributed by atoms with Gasteiger partial charge in [-0.3, -0.25) is 4.68 Å². The third-order valence-corrected chi connectivity index (χ3v) is 3.34. The molecule has 0 aliphatic carbocycles. The van der Waals surface area contributed by atoms with Gasteiger partial charge in [0.1, 0.15) is 6.61 Å². The molecule has 2 aromatic carbocycles. The quantitative estimate of drug-likeness (QED) is 0.677. The molecule has 0 saturated carbocycles. The normalized spacial score (nSPS) is 10.4. The SMILES string of the molecule is O=C(OCCn1cccn1)c1ccc(-c2ccccc2)cc1. The van der Waals surface area contributed by atoms with Crippen LogP contribution in [0.4, 0.5) is 0 Å². The Morgan fingerprint density at radius 1 is 0.955 bits per heavy atom. The summed E-state index contributed by atoms with van der Waals surface area (Å²) < 4.78 is 6.98. The van der Waals surface area contributed by atoms with E-state index in [-0.39, 0.29) is 5.97 Å². The minimum absolute atomic E-state index is 0.306. The number of benzene rings is 2. The lowest BCUT2D eigenvalue weighted by Crippen LogP contribution is -2.11. The first-order valence-electron chi connectivity index (χ1n) is 7.13. The van der Waals surface area contributed by atoms with Crippen molar-refractivity contribution in [3.05, 3.63) is 78.6 Å². The number of carbonyl (C=O) groups is 1. The van der Waals surface area contributed by atoms with Crippen molar-refractivity contribution in [2.75, 3.05) is 6.61 Å². The zero-order valence-corrected chi connectivity index (χ0v) is 12.1. The summed E-state index contributed by atoms with van der Waals surface area (Å²) >= 11 is 0. The summed E-state index contributed by atoms with van der Waals surface area (Å²) in [6.45, 7) is 0.863. The zero-order valence-electron chi connectivity index (χ0n) is 12.1. The van der Waals surface area contributed by atoms with E-state index in [4.69, 9.17) is 4.74 Å². The Labute approximate surface area is 129 Å². The second-order valence-electron chi connectivity index (χ2n) is 4.85. The van der Waals surface area contributed by atoms with Crippen molar-refractivity contribution in [2.24, 2.45) is 0 Å². The molecule has 0 unspecified atom stereocenters. The summed E-state index contributed by atoms with van der Waals surface area (Å²) in [4.78, 5) is 12.0. The smallest absolute Gasteiger partial charge is 0.338 e. The van der Waals surface area contributed by atoms with Crippen molar-refractivity contribution in [2.45, 2.75) is 6.54 Å². The van der Waals surface area contributed by atoms with Gasteiger partial charge in [0.25, 0.3) is 0 Å². The molecule has 110 valence electrons. The number of hydrogen-bond acceptors (Lipinski definition) is 3. The molecule has 0 radical (unpaired) electrons. The molecule has 1 heterocycles. The fourth-order valence-electron chi connectivity index (χ4n) is 2.18. The molecule has 0 amide bonds. The molecule has 0 spiro atoms. The van der Waals surface area contributed by atoms with E-state index < -0.39 is 0 Å². The minimum atomic E-state index is -0.313. The van der Waals surface area contributed by atoms with Gasteiger partial charge >= 0.3 is 5.97 Å². The van der Waals surface area contributed by atoms with Crippen molar-refractivity contribution >= 4 is 5.97 Å². The molecule has 0 atom stereocenters. The van der Waals surface area contributed by atoms with Crippen molar-refractivity contribution < 1.29 is 9.53 Å². The second kappa shape index (κ2) is 6.72. The Morgan fingerprint density at radius 3 is 2.36 bits per heavy atom. The van der Waals surface area contributed by atoms with E-state index in [1.54, 1.807) is 23.0 Å². The van der Waals surface area contributed by atoms with Gasteiger partial charge in [0.05, 0.1) is 12.1 Å². The third-order valence-electron chi connectivity index (χ3n) is 3.34. The number of nitrogens with zero attached hydrogens (tertiary/aromatic N) is 2. The van der Waals surface area contributed by atoms with Gasteiger partial charge in [-0.15, -0.1) is 0 Å². The lowest BCUT2D eigenvalue weighted by molar-refractivity contribution is 0.0487. The van der Waals surface area contributed by atoms with Crippen LogP contribution < -0.4 is 0 Å². The number of esters is 1. The van der Waals surface area contributed by atoms with Crippen LogP contribution in [-0.4, -0.2) is 22.4 Å². The van der Waals surface area contributed by atoms with Crippen LogP contribution in [0.25, 0.3) is 11.1 Å². The van der Waals surface area contributed by atoms with Gasteiger partial charge in [-0.05, 0) is 29.3 Å². The van der Waals surface area contributed by atoms with E-state index in [1.165, 1.54) is 0 Å². The molecular weight excluding hydrogens is 276 g/mol. The first-order chi connectivity index (χ1) is 10.8. The Morgan fingerprint density at radius 2 is 1.68 bits per heavy atom. The summed E-state index contributed by atoms with van der Waals surface area (Å²) in [5, 5.41) is 4.06. The second-order valence-corrected chi connectivity index (χ2v) is 4.85. The fraction of sp³-hybridized carbons (Fsp3) is 0.111. The van der Waals surface area contributed by atoms with E-state index in [9.17, 15) is 4.79 Å². The largest absolute Gasteiger partial charge is 0.460 e. The van der Waals surface area contributed by atoms with Crippen LogP contribution in [0.15, 0.2) is 73.1 Å². The highest BCUT2D eigenvalue weighted by Crippen LogP contribution is 2.19. The Hall–Kier alpha value is -2.88. The van der Waals surface area contributed by atoms with Gasteiger partial charge in [-0.25, -0.2) is 4.79 Å². The molecule has 3 rings (SSSR count). The molecule has 4 nitrogen and oxygen atoms in total. The first kappa shape index (κ1) is 14.1. The molecule has 22 heavy (non-hydrogen) atoms. The lowest BCUT2D eigenvalue weighted by Gasteiger charge is -2.06. The predicted molar refractivity (Wildman–Crippen MR) is 84.4 cm³/mol. The molecule has 0 bridgehead atoms. The van der Waals surface area contributed by atoms with E-state index in [0.717, 1.165) is 11.1 Å². The number of aromatic nitrogens is 2. The first-order valence-corrected chi connectivity index (χ1v) is 7.13. The molecule has 0 aliphatic rings. The third kappa shape index (κ3) is 3.41. The van der Waals surface area contributed by atoms with Gasteiger partial charge in [-0.1, -0.05) is 42.5 Å². The van der Waals surface area contributed by atoms with Crippen molar-refractivity contribution in [1.82, 2.24) is 9.78 Å². The molecule has 3 aromatic rings. The zero-order chi connectivity index (χ0) is 15.2. The van der Waals surface area contributed by atoms with E-state index in [2.05, 4.69) is 5.10 Å². The minimum Gasteiger partial charge on any atom is -0.460 e. The summed E-state index contributed by atoms with van der Waals surface area (Å²) in [7, 11) is 0. The number of ether oxygens (including phenoxy) is 1. The van der Waals surface area contributed by atoms with Crippen LogP contribution in [0, 0.1) is 0 Å². The van der Waals surface area contributed by atoms with E-state index in [0.29, 0.717) is 18.7 Å². The van der Waals surface area contributed by atoms with Crippen LogP contribution in [-0.2, 0) is 11.3 Å². The van der Waals surface area contributed by atoms with Crippen LogP contribution >= 0.6 is 0 Å². The molecule has 0 aliphatic heterocycles. The number of carbonyl (C=O) groups excluding carboxylic acids is 1. The summed E-state index contributed by atoms with van der Waals surface area (Å²) in [5.74, 6) is -0.313. The maximum absolute atomic E-state index is 12.0. The van der Waals surface area contributed by atoms with Crippen molar-refractivity contribution in [3.8, 4) is 11.1 Å². The molecule has 0 N–H and O–H groups in total. The van der Waals surface area contributed by atoms with Gasteiger partial charge in [0.2, 0.25) is 0 Å². The fourth-order valence-corrected chi connectivity index (χ4v) is 2.18. The van der Waals surface area contributed by atoms with Crippen molar-refractivity contribution in [1.29, 1.82) is 0 Å². The van der Waals surface area contributed by atoms with Crippen LogP contribution in [0.5, 0.6) is 0 Å². The average molecular weight is 292 g/mol. The molecular formula is C18H16N2O2. The standard InChI is InChI=1S/C18H16N2O2/c21-18(22-14-13-20-12-4-11-19-20)17-9-7-16(8-10-17)15-5-2-1-3-6-15/h1-12H,13-14H2. The topological polar surface area (TPSA) is 44.1 Å². The number of rotatable bonds is 5. The van der Waals surface area contributed by atoms with Gasteiger partial charge in [0.15, 0.2) is 0 Å². The Kier molecular flexibility index (Phi) is 4.30. The van der Waals surface area contributed by atoms with Crippen LogP contribution in [0.3, 0.4) is 0 Å². The summed E-state index contributed by atoms with van der Waals surface area (Å²) in [5.41, 5.74) is 2.76. The van der Waals surface area contributed by atoms with Gasteiger partial charge in [-0.2, -0.15) is 5.10 Å². The molecule has 0 fully saturated rings. The molecule has 4 heteroatoms. The maximum atomic E-state index is 12.0. The highest BCUT2D eigenvalue weighted by Gasteiger charge is 2.07. The Bertz CT molecular complexity index is 720. The van der Waals surface area contributed by atoms with Gasteiger partial charge < -0.3 is 4.74 Å². The monoisotopic (exact) mass is 292 g/mol. The van der Waals surface area contributed by atoms with Gasteiger partial charge in [0, 0.05) is 12.4 Å². The average Bonchev–Trinajstić information content (AvgIpc) is 3.09.